The molecule has 2 aliphatic rings. The molecule has 2 fully saturated rings. The van der Waals surface area contributed by atoms with Crippen molar-refractivity contribution in [1.82, 2.24) is 5.32 Å². The topological polar surface area (TPSA) is 38.3 Å². The molecular weight excluding hydrogens is 343 g/mol. The predicted octanol–water partition coefficient (Wildman–Crippen LogP) is 4.48. The van der Waals surface area contributed by atoms with E-state index < -0.39 is 18.2 Å². The number of hydrogen-bond acceptors (Lipinski definition) is 3. The van der Waals surface area contributed by atoms with Gasteiger partial charge in [0, 0.05) is 12.1 Å². The Hall–Kier alpha value is -1.82. The highest BCUT2D eigenvalue weighted by Crippen LogP contribution is 2.39. The fourth-order valence-corrected chi connectivity index (χ4v) is 3.67. The first-order chi connectivity index (χ1) is 12.3. The molecule has 0 radical (unpaired) electrons. The van der Waals surface area contributed by atoms with Gasteiger partial charge in [-0.25, -0.2) is 4.79 Å². The molecule has 1 N–H and O–H groups in total. The minimum Gasteiger partial charge on any atom is -0.456 e. The van der Waals surface area contributed by atoms with Crippen LogP contribution in [0.5, 0.6) is 0 Å². The van der Waals surface area contributed by atoms with Crippen LogP contribution >= 0.6 is 0 Å². The number of ether oxygens (including phenoxy) is 1. The van der Waals surface area contributed by atoms with Crippen LogP contribution in [0.3, 0.4) is 0 Å². The Labute approximate surface area is 151 Å². The predicted molar refractivity (Wildman–Crippen MR) is 93.3 cm³/mol. The Morgan fingerprint density at radius 2 is 1.81 bits per heavy atom. The van der Waals surface area contributed by atoms with Gasteiger partial charge in [0.1, 0.15) is 6.10 Å². The lowest BCUT2D eigenvalue weighted by Crippen LogP contribution is -2.39. The fourth-order valence-electron chi connectivity index (χ4n) is 3.67. The molecule has 26 heavy (non-hydrogen) atoms. The first kappa shape index (κ1) is 19.0. The van der Waals surface area contributed by atoms with Gasteiger partial charge in [-0.15, -0.1) is 0 Å². The Bertz CT molecular complexity index is 649. The van der Waals surface area contributed by atoms with Crippen LogP contribution in [0.15, 0.2) is 35.9 Å². The van der Waals surface area contributed by atoms with Gasteiger partial charge in [0.2, 0.25) is 0 Å². The van der Waals surface area contributed by atoms with Crippen LogP contribution in [-0.2, 0) is 9.53 Å². The molecule has 3 nitrogen and oxygen atoms in total. The monoisotopic (exact) mass is 367 g/mol. The summed E-state index contributed by atoms with van der Waals surface area (Å²) in [5.41, 5.74) is 2.55. The summed E-state index contributed by atoms with van der Waals surface area (Å²) >= 11 is 0. The van der Waals surface area contributed by atoms with Gasteiger partial charge < -0.3 is 10.1 Å². The largest absolute Gasteiger partial charge is 0.490 e. The van der Waals surface area contributed by atoms with E-state index in [9.17, 15) is 18.0 Å². The normalized spacial score (nSPS) is 29.3. The van der Waals surface area contributed by atoms with Gasteiger partial charge in [0.25, 0.3) is 0 Å². The zero-order valence-electron chi connectivity index (χ0n) is 14.8. The Morgan fingerprint density at radius 3 is 2.42 bits per heavy atom. The van der Waals surface area contributed by atoms with E-state index in [0.29, 0.717) is 24.8 Å². The van der Waals surface area contributed by atoms with E-state index in [1.165, 1.54) is 11.1 Å². The van der Waals surface area contributed by atoms with Crippen LogP contribution in [0.1, 0.15) is 44.6 Å². The molecule has 1 unspecified atom stereocenters. The third-order valence-electron chi connectivity index (χ3n) is 5.20. The van der Waals surface area contributed by atoms with Gasteiger partial charge in [-0.3, -0.25) is 0 Å². The number of esters is 1. The first-order valence-corrected chi connectivity index (χ1v) is 9.10. The quantitative estimate of drug-likeness (QED) is 0.780. The zero-order chi connectivity index (χ0) is 18.7. The summed E-state index contributed by atoms with van der Waals surface area (Å²) in [7, 11) is 0. The smallest absolute Gasteiger partial charge is 0.456 e. The van der Waals surface area contributed by atoms with Crippen molar-refractivity contribution in [3.63, 3.8) is 0 Å². The molecule has 0 saturated heterocycles. The van der Waals surface area contributed by atoms with Gasteiger partial charge in [-0.1, -0.05) is 42.0 Å². The molecule has 6 heteroatoms. The molecule has 142 valence electrons. The van der Waals surface area contributed by atoms with Crippen LogP contribution in [0.2, 0.25) is 0 Å². The molecule has 2 aliphatic carbocycles. The van der Waals surface area contributed by atoms with Gasteiger partial charge in [0.15, 0.2) is 0 Å². The lowest BCUT2D eigenvalue weighted by Gasteiger charge is -2.29. The van der Waals surface area contributed by atoms with Crippen molar-refractivity contribution in [3.8, 4) is 0 Å². The summed E-state index contributed by atoms with van der Waals surface area (Å²) in [5.74, 6) is -1.55. The minimum absolute atomic E-state index is 0.287. The van der Waals surface area contributed by atoms with Crippen molar-refractivity contribution in [2.45, 2.75) is 63.4 Å². The third kappa shape index (κ3) is 5.10. The summed E-state index contributed by atoms with van der Waals surface area (Å²) in [6.45, 7) is 2.15. The molecule has 0 heterocycles. The first-order valence-electron chi connectivity index (χ1n) is 9.10. The van der Waals surface area contributed by atoms with Crippen LogP contribution in [0.25, 0.3) is 6.08 Å². The van der Waals surface area contributed by atoms with E-state index >= 15 is 0 Å². The van der Waals surface area contributed by atoms with Crippen LogP contribution in [-0.4, -0.2) is 30.3 Å². The molecule has 0 amide bonds. The number of carbonyl (C=O) groups excluding carboxylic acids is 1. The van der Waals surface area contributed by atoms with Gasteiger partial charge >= 0.3 is 12.1 Å². The van der Waals surface area contributed by atoms with E-state index in [2.05, 4.69) is 35.2 Å². The van der Waals surface area contributed by atoms with Crippen molar-refractivity contribution in [1.29, 1.82) is 0 Å². The molecule has 3 rings (SSSR count). The standard InChI is InChI=1S/C20H24F3NO2/c1-13(11-14-5-3-2-4-6-14)17-12-18(17)24-15-7-9-16(10-8-15)26-19(25)20(21,22)23/h2-6,11,15-18,24H,7-10,12H2,1H3/t15?,16?,17?,18-/m0/s1. The lowest BCUT2D eigenvalue weighted by molar-refractivity contribution is -0.206. The van der Waals surface area contributed by atoms with E-state index in [4.69, 9.17) is 0 Å². The van der Waals surface area contributed by atoms with Crippen molar-refractivity contribution in [2.75, 3.05) is 0 Å². The average Bonchev–Trinajstić information content (AvgIpc) is 3.36. The molecule has 2 atom stereocenters. The molecule has 0 aliphatic heterocycles. The SMILES string of the molecule is CC(=Cc1ccccc1)C1C[C@@H]1NC1CCC(OC(=O)C(F)(F)F)CC1. The summed E-state index contributed by atoms with van der Waals surface area (Å²) < 4.78 is 41.3. The second-order valence-corrected chi connectivity index (χ2v) is 7.29. The molecule has 0 aromatic heterocycles. The van der Waals surface area contributed by atoms with E-state index in [1.807, 2.05) is 18.2 Å². The van der Waals surface area contributed by atoms with Gasteiger partial charge in [0.05, 0.1) is 0 Å². The van der Waals surface area contributed by atoms with Crippen LogP contribution in [0, 0.1) is 5.92 Å². The number of rotatable bonds is 5. The highest BCUT2D eigenvalue weighted by Gasteiger charge is 2.43. The Morgan fingerprint density at radius 1 is 1.15 bits per heavy atom. The van der Waals surface area contributed by atoms with Crippen molar-refractivity contribution in [2.24, 2.45) is 5.92 Å². The molecule has 1 aromatic carbocycles. The highest BCUT2D eigenvalue weighted by molar-refractivity contribution is 5.75. The van der Waals surface area contributed by atoms with Crippen molar-refractivity contribution < 1.29 is 22.7 Å². The van der Waals surface area contributed by atoms with E-state index in [0.717, 1.165) is 19.3 Å². The summed E-state index contributed by atoms with van der Waals surface area (Å²) in [4.78, 5) is 10.9. The van der Waals surface area contributed by atoms with Crippen molar-refractivity contribution >= 4 is 12.0 Å². The van der Waals surface area contributed by atoms with E-state index in [1.54, 1.807) is 0 Å². The third-order valence-corrected chi connectivity index (χ3v) is 5.20. The Balaban J connectivity index is 1.41. The fraction of sp³-hybridized carbons (Fsp3) is 0.550. The number of benzene rings is 1. The number of carbonyl (C=O) groups is 1. The minimum atomic E-state index is -4.90. The maximum Gasteiger partial charge on any atom is 0.490 e. The number of halogens is 3. The molecule has 2 saturated carbocycles. The summed E-state index contributed by atoms with van der Waals surface area (Å²) in [6, 6.07) is 10.9. The number of hydrogen-bond donors (Lipinski definition) is 1. The molecule has 1 aromatic rings. The van der Waals surface area contributed by atoms with Crippen LogP contribution in [0.4, 0.5) is 13.2 Å². The molecule has 0 spiro atoms. The maximum atomic E-state index is 12.2. The van der Waals surface area contributed by atoms with Crippen LogP contribution < -0.4 is 5.32 Å². The second kappa shape index (κ2) is 7.82. The number of nitrogens with one attached hydrogen (secondary N) is 1. The maximum absolute atomic E-state index is 12.2. The van der Waals surface area contributed by atoms with Gasteiger partial charge in [-0.05, 0) is 50.5 Å². The summed E-state index contributed by atoms with van der Waals surface area (Å²) in [6.07, 6.45) is 0.223. The molecule has 0 bridgehead atoms. The summed E-state index contributed by atoms with van der Waals surface area (Å²) in [5, 5.41) is 3.61. The zero-order valence-corrected chi connectivity index (χ0v) is 14.8. The van der Waals surface area contributed by atoms with Gasteiger partial charge in [-0.2, -0.15) is 13.2 Å². The molecular formula is C20H24F3NO2. The lowest BCUT2D eigenvalue weighted by atomic mass is 9.92. The Kier molecular flexibility index (Phi) is 5.70. The van der Waals surface area contributed by atoms with E-state index in [-0.39, 0.29) is 6.04 Å². The van der Waals surface area contributed by atoms with Crippen molar-refractivity contribution in [3.05, 3.63) is 41.5 Å². The number of alkyl halides is 3. The second-order valence-electron chi connectivity index (χ2n) is 7.29. The highest BCUT2D eigenvalue weighted by atomic mass is 19.4. The average molecular weight is 367 g/mol.